The maximum Gasteiger partial charge on any atom is 0.250 e. The Balaban J connectivity index is 1.89. The van der Waals surface area contributed by atoms with Crippen molar-refractivity contribution >= 4 is 35.0 Å². The molecule has 3 aliphatic heterocycles. The van der Waals surface area contributed by atoms with Crippen LogP contribution in [0.15, 0.2) is 18.2 Å². The summed E-state index contributed by atoms with van der Waals surface area (Å²) in [4.78, 5) is 41.4. The molecule has 0 saturated carbocycles. The maximum absolute atomic E-state index is 13.5. The van der Waals surface area contributed by atoms with E-state index in [0.717, 1.165) is 0 Å². The molecule has 1 aromatic rings. The van der Waals surface area contributed by atoms with E-state index in [1.807, 2.05) is 13.8 Å². The molecule has 0 unspecified atom stereocenters. The zero-order valence-electron chi connectivity index (χ0n) is 16.6. The van der Waals surface area contributed by atoms with E-state index in [1.165, 1.54) is 4.90 Å². The van der Waals surface area contributed by atoms with Crippen molar-refractivity contribution in [2.24, 2.45) is 17.8 Å². The van der Waals surface area contributed by atoms with Gasteiger partial charge in [0.1, 0.15) is 5.54 Å². The number of anilines is 1. The van der Waals surface area contributed by atoms with Gasteiger partial charge >= 0.3 is 0 Å². The lowest BCUT2D eigenvalue weighted by Gasteiger charge is -2.31. The van der Waals surface area contributed by atoms with E-state index in [2.05, 4.69) is 24.5 Å². The summed E-state index contributed by atoms with van der Waals surface area (Å²) in [6.45, 7) is 7.99. The highest BCUT2D eigenvalue weighted by molar-refractivity contribution is 6.31. The second-order valence-corrected chi connectivity index (χ2v) is 9.08. The Labute approximate surface area is 170 Å². The summed E-state index contributed by atoms with van der Waals surface area (Å²) in [7, 11) is 0. The van der Waals surface area contributed by atoms with Crippen LogP contribution in [0, 0.1) is 17.8 Å². The average molecular weight is 404 g/mol. The first-order valence-corrected chi connectivity index (χ1v) is 10.4. The number of fused-ring (bicyclic) bond motifs is 4. The largest absolute Gasteiger partial charge is 0.324 e. The van der Waals surface area contributed by atoms with Gasteiger partial charge in [0.15, 0.2) is 0 Å². The predicted molar refractivity (Wildman–Crippen MR) is 107 cm³/mol. The van der Waals surface area contributed by atoms with E-state index in [1.54, 1.807) is 18.2 Å². The third-order valence-electron chi connectivity index (χ3n) is 6.47. The lowest BCUT2D eigenvalue weighted by molar-refractivity contribution is -0.145. The summed E-state index contributed by atoms with van der Waals surface area (Å²) < 4.78 is 0. The number of carbonyl (C=O) groups excluding carboxylic acids is 3. The lowest BCUT2D eigenvalue weighted by Crippen LogP contribution is -2.54. The van der Waals surface area contributed by atoms with Crippen molar-refractivity contribution in [1.82, 2.24) is 10.2 Å². The number of imide groups is 1. The van der Waals surface area contributed by atoms with Gasteiger partial charge in [0.25, 0.3) is 0 Å². The molecule has 28 heavy (non-hydrogen) atoms. The Hall–Kier alpha value is -1.92. The van der Waals surface area contributed by atoms with E-state index in [-0.39, 0.29) is 29.8 Å². The Kier molecular flexibility index (Phi) is 4.55. The fraction of sp³-hybridized carbons (Fsp3) is 0.571. The third kappa shape index (κ3) is 2.47. The molecule has 1 aromatic carbocycles. The molecule has 0 aliphatic carbocycles. The van der Waals surface area contributed by atoms with Gasteiger partial charge in [-0.1, -0.05) is 32.4 Å². The van der Waals surface area contributed by atoms with Crippen LogP contribution in [0.1, 0.15) is 46.1 Å². The van der Waals surface area contributed by atoms with E-state index >= 15 is 0 Å². The van der Waals surface area contributed by atoms with Gasteiger partial charge in [-0.2, -0.15) is 0 Å². The van der Waals surface area contributed by atoms with Crippen LogP contribution in [0.5, 0.6) is 0 Å². The van der Waals surface area contributed by atoms with Crippen LogP contribution in [0.4, 0.5) is 5.69 Å². The Bertz CT molecular complexity index is 870. The maximum atomic E-state index is 13.5. The van der Waals surface area contributed by atoms with Crippen LogP contribution >= 0.6 is 11.6 Å². The minimum absolute atomic E-state index is 0.164. The molecule has 0 aromatic heterocycles. The number of rotatable bonds is 4. The van der Waals surface area contributed by atoms with Crippen LogP contribution in [0.3, 0.4) is 0 Å². The van der Waals surface area contributed by atoms with Crippen LogP contribution in [0.25, 0.3) is 0 Å². The highest BCUT2D eigenvalue weighted by Crippen LogP contribution is 2.54. The number of amides is 3. The van der Waals surface area contributed by atoms with E-state index < -0.39 is 17.4 Å². The lowest BCUT2D eigenvalue weighted by atomic mass is 9.76. The number of benzene rings is 1. The smallest absolute Gasteiger partial charge is 0.250 e. The van der Waals surface area contributed by atoms with Gasteiger partial charge < -0.3 is 5.32 Å². The first kappa shape index (κ1) is 19.4. The van der Waals surface area contributed by atoms with Crippen LogP contribution in [-0.4, -0.2) is 34.7 Å². The van der Waals surface area contributed by atoms with Gasteiger partial charge in [-0.05, 0) is 43.9 Å². The van der Waals surface area contributed by atoms with Crippen molar-refractivity contribution in [2.45, 2.75) is 58.2 Å². The number of nitrogens with one attached hydrogen (secondary N) is 2. The quantitative estimate of drug-likeness (QED) is 0.757. The van der Waals surface area contributed by atoms with E-state index in [4.69, 9.17) is 11.6 Å². The molecule has 2 fully saturated rings. The highest BCUT2D eigenvalue weighted by atomic mass is 35.5. The second-order valence-electron chi connectivity index (χ2n) is 8.64. The van der Waals surface area contributed by atoms with Gasteiger partial charge in [-0.3, -0.25) is 24.6 Å². The molecule has 5 atom stereocenters. The summed E-state index contributed by atoms with van der Waals surface area (Å²) in [5.41, 5.74) is 0.0610. The molecular weight excluding hydrogens is 378 g/mol. The predicted octanol–water partition coefficient (Wildman–Crippen LogP) is 2.91. The zero-order chi connectivity index (χ0) is 20.4. The SMILES string of the molecule is CC[C@@H](C)N1C(=O)[C@H]2[C@@H](C1=O)[C@@]1(N[C@@H]2CC(C)C)C(=O)Nc2ccc(Cl)cc21. The number of carbonyl (C=O) groups is 3. The number of likely N-dealkylation sites (tertiary alicyclic amines) is 1. The van der Waals surface area contributed by atoms with Crippen LogP contribution in [-0.2, 0) is 19.9 Å². The molecule has 0 bridgehead atoms. The van der Waals surface area contributed by atoms with Gasteiger partial charge in [0.2, 0.25) is 17.7 Å². The second kappa shape index (κ2) is 6.56. The number of hydrogen-bond acceptors (Lipinski definition) is 4. The van der Waals surface area contributed by atoms with E-state index in [0.29, 0.717) is 35.0 Å². The monoisotopic (exact) mass is 403 g/mol. The fourth-order valence-corrected chi connectivity index (χ4v) is 5.30. The highest BCUT2D eigenvalue weighted by Gasteiger charge is 2.70. The summed E-state index contributed by atoms with van der Waals surface area (Å²) >= 11 is 6.23. The number of hydrogen-bond donors (Lipinski definition) is 2. The molecule has 150 valence electrons. The van der Waals surface area contributed by atoms with Crippen molar-refractivity contribution in [3.8, 4) is 0 Å². The van der Waals surface area contributed by atoms with Gasteiger partial charge in [0.05, 0.1) is 11.8 Å². The number of halogens is 1. The molecule has 7 heteroatoms. The first-order valence-electron chi connectivity index (χ1n) is 9.98. The fourth-order valence-electron chi connectivity index (χ4n) is 5.12. The van der Waals surface area contributed by atoms with Gasteiger partial charge in [0, 0.05) is 28.4 Å². The molecule has 3 amide bonds. The average Bonchev–Trinajstić information content (AvgIpc) is 3.20. The van der Waals surface area contributed by atoms with Crippen molar-refractivity contribution in [2.75, 3.05) is 5.32 Å². The Morgan fingerprint density at radius 2 is 1.89 bits per heavy atom. The summed E-state index contributed by atoms with van der Waals surface area (Å²) in [6, 6.07) is 4.77. The zero-order valence-corrected chi connectivity index (χ0v) is 17.3. The van der Waals surface area contributed by atoms with Crippen molar-refractivity contribution < 1.29 is 14.4 Å². The van der Waals surface area contributed by atoms with Crippen LogP contribution < -0.4 is 10.6 Å². The van der Waals surface area contributed by atoms with Gasteiger partial charge in [-0.15, -0.1) is 0 Å². The van der Waals surface area contributed by atoms with E-state index in [9.17, 15) is 14.4 Å². The molecule has 4 rings (SSSR count). The minimum Gasteiger partial charge on any atom is -0.324 e. The van der Waals surface area contributed by atoms with Crippen molar-refractivity contribution in [3.63, 3.8) is 0 Å². The molecule has 2 saturated heterocycles. The standard InChI is InChI=1S/C21H26ClN3O3/c1-5-11(4)25-18(26)16-15(8-10(2)3)24-21(17(16)19(25)27)13-9-12(22)6-7-14(13)23-20(21)28/h6-7,9-11,15-17,24H,5,8H2,1-4H3,(H,23,28)/t11-,15-,16-,17+,21-/m1/s1. The molecule has 0 radical (unpaired) electrons. The molecule has 3 aliphatic rings. The van der Waals surface area contributed by atoms with Crippen molar-refractivity contribution in [1.29, 1.82) is 0 Å². The first-order chi connectivity index (χ1) is 13.2. The minimum atomic E-state index is -1.25. The van der Waals surface area contributed by atoms with Crippen LogP contribution in [0.2, 0.25) is 5.02 Å². The van der Waals surface area contributed by atoms with Crippen molar-refractivity contribution in [3.05, 3.63) is 28.8 Å². The molecule has 6 nitrogen and oxygen atoms in total. The summed E-state index contributed by atoms with van der Waals surface area (Å²) in [5.74, 6) is -1.68. The molecule has 3 heterocycles. The topological polar surface area (TPSA) is 78.5 Å². The number of nitrogens with zero attached hydrogens (tertiary/aromatic N) is 1. The van der Waals surface area contributed by atoms with Gasteiger partial charge in [-0.25, -0.2) is 0 Å². The molecule has 2 N–H and O–H groups in total. The molecular formula is C21H26ClN3O3. The Morgan fingerprint density at radius 3 is 2.54 bits per heavy atom. The Morgan fingerprint density at radius 1 is 1.18 bits per heavy atom. The summed E-state index contributed by atoms with van der Waals surface area (Å²) in [6.07, 6.45) is 1.39. The summed E-state index contributed by atoms with van der Waals surface area (Å²) in [5, 5.41) is 6.82. The third-order valence-corrected chi connectivity index (χ3v) is 6.70. The molecule has 1 spiro atoms. The normalized spacial score (nSPS) is 32.3.